The zero-order valence-corrected chi connectivity index (χ0v) is 12.2. The van der Waals surface area contributed by atoms with Crippen LogP contribution in [0.2, 0.25) is 0 Å². The van der Waals surface area contributed by atoms with Crippen LogP contribution < -0.4 is 0 Å². The zero-order chi connectivity index (χ0) is 10.1. The minimum absolute atomic E-state index is 0.745. The Morgan fingerprint density at radius 2 is 1.23 bits per heavy atom. The van der Waals surface area contributed by atoms with Gasteiger partial charge in [-0.1, -0.05) is 0 Å². The number of rotatable bonds is 8. The Hall–Kier alpha value is 0.719. The van der Waals surface area contributed by atoms with Crippen LogP contribution >= 0.6 is 0 Å². The predicted octanol–water partition coefficient (Wildman–Crippen LogP) is 2.65. The third-order valence-electron chi connectivity index (χ3n) is 1.71. The van der Waals surface area contributed by atoms with Crippen LogP contribution in [-0.4, -0.2) is 35.2 Å². The van der Waals surface area contributed by atoms with Crippen molar-refractivity contribution < 1.29 is 6.15 Å². The predicted molar refractivity (Wildman–Crippen MR) is 56.6 cm³/mol. The average Bonchev–Trinajstić information content (AvgIpc) is 2.01. The van der Waals surface area contributed by atoms with Crippen LogP contribution in [0.5, 0.6) is 0 Å². The molecular formula is C10H22O2Sn. The molecule has 0 aromatic carbocycles. The standard InChI is InChI=1S/2C5H11O.Sn/c2*1-5(2)3-4-6;/h2*5H,3-4H2,1-2H3;/q2*-1;+2. The summed E-state index contributed by atoms with van der Waals surface area (Å²) in [5.74, 6) is 1.49. The van der Waals surface area contributed by atoms with Crippen LogP contribution in [0.3, 0.4) is 0 Å². The van der Waals surface area contributed by atoms with Crippen molar-refractivity contribution in [3.05, 3.63) is 0 Å². The third kappa shape index (κ3) is 12.7. The Balaban J connectivity index is 2.92. The topological polar surface area (TPSA) is 18.5 Å². The van der Waals surface area contributed by atoms with Crippen molar-refractivity contribution in [1.82, 2.24) is 0 Å². The molecule has 0 amide bonds. The van der Waals surface area contributed by atoms with Gasteiger partial charge in [-0.2, -0.15) is 0 Å². The second-order valence-electron chi connectivity index (χ2n) is 4.15. The number of hydrogen-bond donors (Lipinski definition) is 0. The fraction of sp³-hybridized carbons (Fsp3) is 1.00. The first-order chi connectivity index (χ1) is 6.13. The molecule has 0 aromatic rings. The summed E-state index contributed by atoms with van der Waals surface area (Å²) in [6.07, 6.45) is 2.32. The van der Waals surface area contributed by atoms with E-state index in [2.05, 4.69) is 27.7 Å². The summed E-state index contributed by atoms with van der Waals surface area (Å²) in [6, 6.07) is 0. The van der Waals surface area contributed by atoms with Gasteiger partial charge in [0.05, 0.1) is 0 Å². The molecule has 0 saturated carbocycles. The fourth-order valence-electron chi connectivity index (χ4n) is 0.714. The Morgan fingerprint density at radius 1 is 0.846 bits per heavy atom. The van der Waals surface area contributed by atoms with Gasteiger partial charge in [0.25, 0.3) is 0 Å². The first kappa shape index (κ1) is 13.7. The normalized spacial score (nSPS) is 11.5. The van der Waals surface area contributed by atoms with Gasteiger partial charge in [0.15, 0.2) is 0 Å². The van der Waals surface area contributed by atoms with E-state index in [0.717, 1.165) is 37.9 Å². The van der Waals surface area contributed by atoms with Gasteiger partial charge in [-0.15, -0.1) is 0 Å². The van der Waals surface area contributed by atoms with E-state index in [1.807, 2.05) is 0 Å². The van der Waals surface area contributed by atoms with Gasteiger partial charge < -0.3 is 0 Å². The van der Waals surface area contributed by atoms with Crippen LogP contribution in [-0.2, 0) is 6.15 Å². The molecule has 2 nitrogen and oxygen atoms in total. The molecule has 0 atom stereocenters. The molecule has 2 radical (unpaired) electrons. The van der Waals surface area contributed by atoms with Gasteiger partial charge in [0.1, 0.15) is 0 Å². The maximum absolute atomic E-state index is 5.47. The van der Waals surface area contributed by atoms with E-state index >= 15 is 0 Å². The molecule has 78 valence electrons. The molecule has 0 aliphatic carbocycles. The summed E-state index contributed by atoms with van der Waals surface area (Å²) in [6.45, 7) is 10.7. The van der Waals surface area contributed by atoms with E-state index in [9.17, 15) is 0 Å². The Kier molecular flexibility index (Phi) is 9.79. The van der Waals surface area contributed by atoms with Gasteiger partial charge in [-0.05, 0) is 0 Å². The van der Waals surface area contributed by atoms with Crippen molar-refractivity contribution in [2.75, 3.05) is 13.2 Å². The monoisotopic (exact) mass is 294 g/mol. The van der Waals surface area contributed by atoms with Crippen LogP contribution in [0.25, 0.3) is 0 Å². The Morgan fingerprint density at radius 3 is 1.54 bits per heavy atom. The first-order valence-corrected chi connectivity index (χ1v) is 7.44. The molecule has 0 N–H and O–H groups in total. The van der Waals surface area contributed by atoms with E-state index in [0.29, 0.717) is 0 Å². The molecule has 0 bridgehead atoms. The third-order valence-corrected chi connectivity index (χ3v) is 3.55. The van der Waals surface area contributed by atoms with Crippen molar-refractivity contribution in [1.29, 1.82) is 0 Å². The van der Waals surface area contributed by atoms with Crippen molar-refractivity contribution in [2.45, 2.75) is 40.5 Å². The van der Waals surface area contributed by atoms with Crippen molar-refractivity contribution in [3.8, 4) is 0 Å². The van der Waals surface area contributed by atoms with Gasteiger partial charge >= 0.3 is 93.7 Å². The Labute approximate surface area is 93.7 Å². The molecule has 3 heteroatoms. The van der Waals surface area contributed by atoms with Gasteiger partial charge in [-0.3, -0.25) is 0 Å². The molecule has 13 heavy (non-hydrogen) atoms. The maximum atomic E-state index is 5.47. The molecule has 0 fully saturated rings. The quantitative estimate of drug-likeness (QED) is 0.506. The molecule has 0 aliphatic heterocycles. The van der Waals surface area contributed by atoms with Gasteiger partial charge in [-0.25, -0.2) is 0 Å². The van der Waals surface area contributed by atoms with E-state index < -0.39 is 22.0 Å². The van der Waals surface area contributed by atoms with Crippen molar-refractivity contribution in [2.24, 2.45) is 11.8 Å². The summed E-state index contributed by atoms with van der Waals surface area (Å²) in [5, 5.41) is 0. The molecule has 0 rings (SSSR count). The van der Waals surface area contributed by atoms with E-state index in [-0.39, 0.29) is 0 Å². The fourth-order valence-corrected chi connectivity index (χ4v) is 2.10. The second-order valence-corrected chi connectivity index (χ2v) is 6.27. The minimum atomic E-state index is -0.928. The second kappa shape index (κ2) is 9.28. The van der Waals surface area contributed by atoms with Crippen molar-refractivity contribution >= 4 is 22.0 Å². The molecule has 0 unspecified atom stereocenters. The molecule has 0 aliphatic rings. The SMILES string of the molecule is CC(C)CC[O][Sn][O]CCC(C)C. The van der Waals surface area contributed by atoms with E-state index in [4.69, 9.17) is 6.15 Å². The average molecular weight is 293 g/mol. The van der Waals surface area contributed by atoms with Gasteiger partial charge in [0, 0.05) is 0 Å². The van der Waals surface area contributed by atoms with Crippen LogP contribution in [0.4, 0.5) is 0 Å². The molecule has 0 spiro atoms. The van der Waals surface area contributed by atoms with Crippen LogP contribution in [0.1, 0.15) is 40.5 Å². The molecular weight excluding hydrogens is 271 g/mol. The summed E-state index contributed by atoms with van der Waals surface area (Å²) in [4.78, 5) is 0. The van der Waals surface area contributed by atoms with Crippen LogP contribution in [0.15, 0.2) is 0 Å². The van der Waals surface area contributed by atoms with E-state index in [1.165, 1.54) is 0 Å². The van der Waals surface area contributed by atoms with Crippen molar-refractivity contribution in [3.63, 3.8) is 0 Å². The summed E-state index contributed by atoms with van der Waals surface area (Å²) in [5.41, 5.74) is 0. The Bertz CT molecular complexity index is 93.1. The molecule has 0 heterocycles. The van der Waals surface area contributed by atoms with E-state index in [1.54, 1.807) is 0 Å². The summed E-state index contributed by atoms with van der Waals surface area (Å²) < 4.78 is 10.9. The van der Waals surface area contributed by atoms with Gasteiger partial charge in [0.2, 0.25) is 0 Å². The molecule has 0 saturated heterocycles. The first-order valence-electron chi connectivity index (χ1n) is 5.11. The summed E-state index contributed by atoms with van der Waals surface area (Å²) in [7, 11) is 0. The summed E-state index contributed by atoms with van der Waals surface area (Å²) >= 11 is -0.928. The zero-order valence-electron chi connectivity index (χ0n) is 9.30. The molecule has 0 aromatic heterocycles. The van der Waals surface area contributed by atoms with Crippen LogP contribution in [0, 0.1) is 11.8 Å². The number of hydrogen-bond acceptors (Lipinski definition) is 2.